The number of anilines is 1. The minimum Gasteiger partial charge on any atom is -0.479 e. The number of rotatable bonds is 4. The Bertz CT molecular complexity index is 417. The standard InChI is InChI=1S/C13H17NO3/c1-2-10(13(15)16)17-11-7-3-5-9-6-4-8-14-12(9)11/h3,5,7,10,14H,2,4,6,8H2,1H3,(H,15,16). The molecule has 0 radical (unpaired) electrons. The summed E-state index contributed by atoms with van der Waals surface area (Å²) in [6.07, 6.45) is 1.81. The third-order valence-electron chi connectivity index (χ3n) is 2.95. The van der Waals surface area contributed by atoms with E-state index in [0.29, 0.717) is 12.2 Å². The molecule has 1 aliphatic heterocycles. The van der Waals surface area contributed by atoms with E-state index in [4.69, 9.17) is 9.84 Å². The number of carboxylic acids is 1. The summed E-state index contributed by atoms with van der Waals surface area (Å²) >= 11 is 0. The van der Waals surface area contributed by atoms with Crippen LogP contribution < -0.4 is 10.1 Å². The van der Waals surface area contributed by atoms with Gasteiger partial charge in [0.25, 0.3) is 0 Å². The maximum atomic E-state index is 11.0. The number of para-hydroxylation sites is 1. The lowest BCUT2D eigenvalue weighted by atomic mass is 10.0. The van der Waals surface area contributed by atoms with E-state index in [2.05, 4.69) is 11.4 Å². The Morgan fingerprint density at radius 3 is 3.12 bits per heavy atom. The van der Waals surface area contributed by atoms with E-state index in [9.17, 15) is 4.79 Å². The molecule has 2 N–H and O–H groups in total. The molecule has 1 aliphatic rings. The summed E-state index contributed by atoms with van der Waals surface area (Å²) in [5, 5.41) is 12.3. The van der Waals surface area contributed by atoms with Crippen LogP contribution in [0.3, 0.4) is 0 Å². The second kappa shape index (κ2) is 5.08. The average molecular weight is 235 g/mol. The second-order valence-corrected chi connectivity index (χ2v) is 4.17. The molecule has 0 amide bonds. The van der Waals surface area contributed by atoms with Crippen molar-refractivity contribution in [3.63, 3.8) is 0 Å². The molecule has 1 heterocycles. The van der Waals surface area contributed by atoms with Gasteiger partial charge in [-0.1, -0.05) is 19.1 Å². The lowest BCUT2D eigenvalue weighted by molar-refractivity contribution is -0.145. The lowest BCUT2D eigenvalue weighted by Gasteiger charge is -2.22. The molecule has 0 aromatic heterocycles. The Morgan fingerprint density at radius 2 is 2.41 bits per heavy atom. The molecular weight excluding hydrogens is 218 g/mol. The fourth-order valence-electron chi connectivity index (χ4n) is 2.04. The number of fused-ring (bicyclic) bond motifs is 1. The minimum atomic E-state index is -0.916. The number of ether oxygens (including phenoxy) is 1. The molecule has 0 bridgehead atoms. The van der Waals surface area contributed by atoms with Gasteiger partial charge in [-0.2, -0.15) is 0 Å². The zero-order valence-electron chi connectivity index (χ0n) is 9.90. The lowest BCUT2D eigenvalue weighted by Crippen LogP contribution is -2.26. The number of nitrogens with one attached hydrogen (secondary N) is 1. The Labute approximate surface area is 101 Å². The van der Waals surface area contributed by atoms with Crippen LogP contribution in [0.4, 0.5) is 5.69 Å². The monoisotopic (exact) mass is 235 g/mol. The summed E-state index contributed by atoms with van der Waals surface area (Å²) in [6, 6.07) is 5.79. The molecule has 4 heteroatoms. The van der Waals surface area contributed by atoms with Gasteiger partial charge in [0.15, 0.2) is 6.10 Å². The highest BCUT2D eigenvalue weighted by molar-refractivity contribution is 5.73. The first-order valence-electron chi connectivity index (χ1n) is 5.97. The number of hydrogen-bond donors (Lipinski definition) is 2. The fourth-order valence-corrected chi connectivity index (χ4v) is 2.04. The number of aliphatic carboxylic acids is 1. The molecule has 17 heavy (non-hydrogen) atoms. The summed E-state index contributed by atoms with van der Waals surface area (Å²) in [6.45, 7) is 2.72. The van der Waals surface area contributed by atoms with Crippen LogP contribution in [-0.2, 0) is 11.2 Å². The molecule has 0 fully saturated rings. The number of aryl methyl sites for hydroxylation is 1. The molecule has 0 spiro atoms. The highest BCUT2D eigenvalue weighted by Crippen LogP contribution is 2.32. The van der Waals surface area contributed by atoms with E-state index >= 15 is 0 Å². The van der Waals surface area contributed by atoms with E-state index in [-0.39, 0.29) is 0 Å². The van der Waals surface area contributed by atoms with Gasteiger partial charge in [-0.05, 0) is 30.9 Å². The molecule has 1 atom stereocenters. The van der Waals surface area contributed by atoms with Gasteiger partial charge in [0.05, 0.1) is 5.69 Å². The van der Waals surface area contributed by atoms with Crippen LogP contribution >= 0.6 is 0 Å². The first-order chi connectivity index (χ1) is 8.22. The Morgan fingerprint density at radius 1 is 1.59 bits per heavy atom. The van der Waals surface area contributed by atoms with Crippen LogP contribution in [0.15, 0.2) is 18.2 Å². The van der Waals surface area contributed by atoms with Crippen molar-refractivity contribution in [2.24, 2.45) is 0 Å². The van der Waals surface area contributed by atoms with Gasteiger partial charge in [0, 0.05) is 6.54 Å². The molecule has 92 valence electrons. The van der Waals surface area contributed by atoms with E-state index in [0.717, 1.165) is 25.1 Å². The summed E-state index contributed by atoms with van der Waals surface area (Å²) in [5.41, 5.74) is 2.16. The number of carbonyl (C=O) groups is 1. The summed E-state index contributed by atoms with van der Waals surface area (Å²) in [7, 11) is 0. The van der Waals surface area contributed by atoms with Crippen LogP contribution in [0, 0.1) is 0 Å². The Hall–Kier alpha value is -1.71. The molecular formula is C13H17NO3. The van der Waals surface area contributed by atoms with Gasteiger partial charge in [-0.15, -0.1) is 0 Å². The Balaban J connectivity index is 2.23. The molecule has 2 rings (SSSR count). The first kappa shape index (κ1) is 11.8. The topological polar surface area (TPSA) is 58.6 Å². The highest BCUT2D eigenvalue weighted by Gasteiger charge is 2.20. The second-order valence-electron chi connectivity index (χ2n) is 4.17. The molecule has 1 aromatic rings. The van der Waals surface area contributed by atoms with Crippen molar-refractivity contribution in [3.8, 4) is 5.75 Å². The predicted molar refractivity (Wildman–Crippen MR) is 65.6 cm³/mol. The summed E-state index contributed by atoms with van der Waals surface area (Å²) in [5.74, 6) is -0.266. The highest BCUT2D eigenvalue weighted by atomic mass is 16.5. The van der Waals surface area contributed by atoms with Crippen LogP contribution in [-0.4, -0.2) is 23.7 Å². The van der Waals surface area contributed by atoms with Crippen LogP contribution in [0.5, 0.6) is 5.75 Å². The number of carboxylic acid groups (broad SMARTS) is 1. The average Bonchev–Trinajstić information content (AvgIpc) is 2.35. The zero-order valence-corrected chi connectivity index (χ0v) is 9.90. The molecule has 1 aromatic carbocycles. The smallest absolute Gasteiger partial charge is 0.344 e. The van der Waals surface area contributed by atoms with Crippen molar-refractivity contribution in [1.29, 1.82) is 0 Å². The molecule has 1 unspecified atom stereocenters. The maximum Gasteiger partial charge on any atom is 0.344 e. The van der Waals surface area contributed by atoms with Crippen LogP contribution in [0.1, 0.15) is 25.3 Å². The van der Waals surface area contributed by atoms with Gasteiger partial charge in [0.1, 0.15) is 5.75 Å². The van der Waals surface area contributed by atoms with Gasteiger partial charge < -0.3 is 15.2 Å². The van der Waals surface area contributed by atoms with Crippen LogP contribution in [0.2, 0.25) is 0 Å². The quantitative estimate of drug-likeness (QED) is 0.840. The van der Waals surface area contributed by atoms with Crippen molar-refractivity contribution in [2.45, 2.75) is 32.3 Å². The fraction of sp³-hybridized carbons (Fsp3) is 0.462. The minimum absolute atomic E-state index is 0.457. The summed E-state index contributed by atoms with van der Waals surface area (Å²) < 4.78 is 5.56. The van der Waals surface area contributed by atoms with Gasteiger partial charge in [-0.3, -0.25) is 0 Å². The third-order valence-corrected chi connectivity index (χ3v) is 2.95. The maximum absolute atomic E-state index is 11.0. The normalized spacial score (nSPS) is 15.6. The van der Waals surface area contributed by atoms with Gasteiger partial charge in [-0.25, -0.2) is 4.79 Å². The molecule has 0 aliphatic carbocycles. The Kier molecular flexibility index (Phi) is 3.52. The van der Waals surface area contributed by atoms with E-state index in [1.54, 1.807) is 0 Å². The van der Waals surface area contributed by atoms with E-state index in [1.807, 2.05) is 19.1 Å². The van der Waals surface area contributed by atoms with E-state index < -0.39 is 12.1 Å². The number of hydrogen-bond acceptors (Lipinski definition) is 3. The predicted octanol–water partition coefficient (Wildman–Crippen LogP) is 2.29. The van der Waals surface area contributed by atoms with Crippen molar-refractivity contribution < 1.29 is 14.6 Å². The summed E-state index contributed by atoms with van der Waals surface area (Å²) in [4.78, 5) is 11.0. The van der Waals surface area contributed by atoms with Gasteiger partial charge >= 0.3 is 5.97 Å². The first-order valence-corrected chi connectivity index (χ1v) is 5.97. The largest absolute Gasteiger partial charge is 0.479 e. The van der Waals surface area contributed by atoms with Crippen molar-refractivity contribution in [2.75, 3.05) is 11.9 Å². The molecule has 0 saturated carbocycles. The van der Waals surface area contributed by atoms with Crippen molar-refractivity contribution in [3.05, 3.63) is 23.8 Å². The van der Waals surface area contributed by atoms with Crippen LogP contribution in [0.25, 0.3) is 0 Å². The molecule has 0 saturated heterocycles. The van der Waals surface area contributed by atoms with Crippen molar-refractivity contribution >= 4 is 11.7 Å². The van der Waals surface area contributed by atoms with Crippen molar-refractivity contribution in [1.82, 2.24) is 0 Å². The number of benzene rings is 1. The van der Waals surface area contributed by atoms with E-state index in [1.165, 1.54) is 5.56 Å². The third kappa shape index (κ3) is 2.52. The zero-order chi connectivity index (χ0) is 12.3. The SMILES string of the molecule is CCC(Oc1cccc2c1NCCC2)C(=O)O. The molecule has 4 nitrogen and oxygen atoms in total. The van der Waals surface area contributed by atoms with Gasteiger partial charge in [0.2, 0.25) is 0 Å².